The molecule has 1 atom stereocenters. The third-order valence-electron chi connectivity index (χ3n) is 2.65. The van der Waals surface area contributed by atoms with E-state index in [4.69, 9.17) is 4.74 Å². The molecule has 0 amide bonds. The van der Waals surface area contributed by atoms with Gasteiger partial charge in [-0.15, -0.1) is 0 Å². The number of allylic oxidation sites excluding steroid dienone is 4. The molecule has 0 aromatic rings. The zero-order valence-electron chi connectivity index (χ0n) is 11.2. The molecule has 1 unspecified atom stereocenters. The zero-order chi connectivity index (χ0) is 14.3. The van der Waals surface area contributed by atoms with Crippen molar-refractivity contribution in [3.05, 3.63) is 35.6 Å². The summed E-state index contributed by atoms with van der Waals surface area (Å²) in [7, 11) is 0. The van der Waals surface area contributed by atoms with Gasteiger partial charge in [0.15, 0.2) is 0 Å². The first-order valence-electron chi connectivity index (χ1n) is 6.23. The number of esters is 1. The lowest BCUT2D eigenvalue weighted by Crippen LogP contribution is -2.37. The van der Waals surface area contributed by atoms with Crippen LogP contribution in [0.1, 0.15) is 26.7 Å². The molecule has 0 aromatic carbocycles. The number of carbonyl (C=O) groups excluding carboxylic acids is 1. The molecular weight excluding hydrogens is 246 g/mol. The number of carboxylic acids is 1. The quantitative estimate of drug-likeness (QED) is 0.435. The number of hydrogen-bond donors (Lipinski definition) is 2. The Morgan fingerprint density at radius 1 is 1.53 bits per heavy atom. The molecular formula is C14H19NO4. The molecule has 2 N–H and O–H groups in total. The van der Waals surface area contributed by atoms with Crippen LogP contribution in [0.25, 0.3) is 0 Å². The molecule has 0 spiro atoms. The molecule has 104 valence electrons. The van der Waals surface area contributed by atoms with E-state index >= 15 is 0 Å². The Labute approximate surface area is 112 Å². The van der Waals surface area contributed by atoms with Crippen molar-refractivity contribution in [1.82, 2.24) is 5.32 Å². The summed E-state index contributed by atoms with van der Waals surface area (Å²) in [4.78, 5) is 22.5. The number of nitrogens with one attached hydrogen (secondary N) is 1. The van der Waals surface area contributed by atoms with E-state index in [2.05, 4.69) is 5.32 Å². The van der Waals surface area contributed by atoms with Crippen molar-refractivity contribution in [3.63, 3.8) is 0 Å². The molecule has 0 fully saturated rings. The number of rotatable bonds is 6. The maximum atomic E-state index is 11.3. The molecule has 0 bridgehead atoms. The van der Waals surface area contributed by atoms with Gasteiger partial charge in [-0.1, -0.05) is 18.2 Å². The lowest BCUT2D eigenvalue weighted by molar-refractivity contribution is -0.139. The Hall–Kier alpha value is -2.04. The van der Waals surface area contributed by atoms with Crippen LogP contribution >= 0.6 is 0 Å². The van der Waals surface area contributed by atoms with Gasteiger partial charge in [-0.3, -0.25) is 0 Å². The van der Waals surface area contributed by atoms with Crippen LogP contribution in [0.3, 0.4) is 0 Å². The van der Waals surface area contributed by atoms with E-state index in [1.165, 1.54) is 6.08 Å². The second-order valence-electron chi connectivity index (χ2n) is 4.19. The second kappa shape index (κ2) is 7.41. The summed E-state index contributed by atoms with van der Waals surface area (Å²) in [6.07, 6.45) is 8.43. The monoisotopic (exact) mass is 265 g/mol. The van der Waals surface area contributed by atoms with E-state index in [-0.39, 0.29) is 0 Å². The standard InChI is InChI=1S/C14H19NO4/c1-3-19-12(16)9-10(2)15-13(14(17)18)11-7-5-4-6-8-11/h4-5,8-9,13,15H,3,6-7H2,1-2H3,(H,17,18)/b10-9+. The normalized spacial score (nSPS) is 16.5. The van der Waals surface area contributed by atoms with E-state index in [0.717, 1.165) is 12.0 Å². The maximum absolute atomic E-state index is 11.3. The summed E-state index contributed by atoms with van der Waals surface area (Å²) >= 11 is 0. The van der Waals surface area contributed by atoms with Gasteiger partial charge in [0.1, 0.15) is 6.04 Å². The predicted octanol–water partition coefficient (Wildman–Crippen LogP) is 1.77. The molecule has 0 radical (unpaired) electrons. The van der Waals surface area contributed by atoms with Crippen LogP contribution in [-0.4, -0.2) is 29.7 Å². The molecule has 5 heteroatoms. The van der Waals surface area contributed by atoms with Gasteiger partial charge < -0.3 is 15.2 Å². The molecule has 1 aliphatic rings. The number of carboxylic acid groups (broad SMARTS) is 1. The minimum Gasteiger partial charge on any atom is -0.479 e. The van der Waals surface area contributed by atoms with Crippen LogP contribution in [0.15, 0.2) is 35.6 Å². The largest absolute Gasteiger partial charge is 0.479 e. The fourth-order valence-electron chi connectivity index (χ4n) is 1.80. The molecule has 0 saturated heterocycles. The summed E-state index contributed by atoms with van der Waals surface area (Å²) in [6, 6.07) is -0.810. The van der Waals surface area contributed by atoms with Crippen LogP contribution in [-0.2, 0) is 14.3 Å². The predicted molar refractivity (Wildman–Crippen MR) is 71.4 cm³/mol. The lowest BCUT2D eigenvalue weighted by Gasteiger charge is -2.20. The molecule has 0 saturated carbocycles. The lowest BCUT2D eigenvalue weighted by atomic mass is 9.98. The Kier molecular flexibility index (Phi) is 5.85. The number of ether oxygens (including phenoxy) is 1. The van der Waals surface area contributed by atoms with Crippen LogP contribution in [0.4, 0.5) is 0 Å². The smallest absolute Gasteiger partial charge is 0.332 e. The van der Waals surface area contributed by atoms with Gasteiger partial charge in [0, 0.05) is 11.8 Å². The topological polar surface area (TPSA) is 75.6 Å². The Morgan fingerprint density at radius 3 is 2.79 bits per heavy atom. The highest BCUT2D eigenvalue weighted by Gasteiger charge is 2.22. The number of carbonyl (C=O) groups is 2. The average molecular weight is 265 g/mol. The molecule has 0 heterocycles. The third kappa shape index (κ3) is 4.99. The highest BCUT2D eigenvalue weighted by Crippen LogP contribution is 2.16. The van der Waals surface area contributed by atoms with Crippen molar-refractivity contribution in [2.75, 3.05) is 6.61 Å². The first-order valence-corrected chi connectivity index (χ1v) is 6.23. The van der Waals surface area contributed by atoms with Crippen LogP contribution in [0.2, 0.25) is 0 Å². The Morgan fingerprint density at radius 2 is 2.26 bits per heavy atom. The van der Waals surface area contributed by atoms with Crippen LogP contribution in [0, 0.1) is 0 Å². The van der Waals surface area contributed by atoms with Crippen molar-refractivity contribution in [2.24, 2.45) is 0 Å². The van der Waals surface area contributed by atoms with Gasteiger partial charge in [-0.25, -0.2) is 9.59 Å². The Balaban J connectivity index is 2.71. The van der Waals surface area contributed by atoms with Gasteiger partial charge in [-0.2, -0.15) is 0 Å². The van der Waals surface area contributed by atoms with Crippen LogP contribution in [0.5, 0.6) is 0 Å². The minimum atomic E-state index is -0.960. The second-order valence-corrected chi connectivity index (χ2v) is 4.19. The summed E-state index contributed by atoms with van der Waals surface area (Å²) in [5, 5.41) is 12.1. The summed E-state index contributed by atoms with van der Waals surface area (Å²) in [5.41, 5.74) is 1.27. The zero-order valence-corrected chi connectivity index (χ0v) is 11.2. The van der Waals surface area contributed by atoms with Gasteiger partial charge in [0.25, 0.3) is 0 Å². The SMILES string of the molecule is CCOC(=O)/C=C(\C)NC(C(=O)O)C1=CCC=CC1. The van der Waals surface area contributed by atoms with Gasteiger partial charge in [-0.05, 0) is 32.3 Å². The highest BCUT2D eigenvalue weighted by molar-refractivity contribution is 5.83. The molecule has 19 heavy (non-hydrogen) atoms. The number of hydrogen-bond acceptors (Lipinski definition) is 4. The average Bonchev–Trinajstić information content (AvgIpc) is 2.37. The minimum absolute atomic E-state index is 0.293. The summed E-state index contributed by atoms with van der Waals surface area (Å²) in [6.45, 7) is 3.65. The van der Waals surface area contributed by atoms with Crippen molar-refractivity contribution >= 4 is 11.9 Å². The maximum Gasteiger partial charge on any atom is 0.332 e. The van der Waals surface area contributed by atoms with Crippen molar-refractivity contribution in [3.8, 4) is 0 Å². The summed E-state index contributed by atoms with van der Waals surface area (Å²) < 4.78 is 4.77. The van der Waals surface area contributed by atoms with Gasteiger partial charge in [0.05, 0.1) is 6.61 Å². The molecule has 0 aliphatic heterocycles. The fourth-order valence-corrected chi connectivity index (χ4v) is 1.80. The van der Waals surface area contributed by atoms with E-state index in [1.54, 1.807) is 13.8 Å². The van der Waals surface area contributed by atoms with E-state index < -0.39 is 18.0 Å². The van der Waals surface area contributed by atoms with E-state index in [9.17, 15) is 14.7 Å². The first-order chi connectivity index (χ1) is 9.04. The van der Waals surface area contributed by atoms with E-state index in [0.29, 0.717) is 18.7 Å². The van der Waals surface area contributed by atoms with E-state index in [1.807, 2.05) is 18.2 Å². The Bertz CT molecular complexity index is 435. The summed E-state index contributed by atoms with van der Waals surface area (Å²) in [5.74, 6) is -1.44. The molecule has 1 rings (SSSR count). The third-order valence-corrected chi connectivity index (χ3v) is 2.65. The molecule has 5 nitrogen and oxygen atoms in total. The van der Waals surface area contributed by atoms with Crippen molar-refractivity contribution < 1.29 is 19.4 Å². The van der Waals surface area contributed by atoms with Crippen LogP contribution < -0.4 is 5.32 Å². The van der Waals surface area contributed by atoms with Crippen molar-refractivity contribution in [1.29, 1.82) is 0 Å². The molecule has 1 aliphatic carbocycles. The van der Waals surface area contributed by atoms with Gasteiger partial charge in [0.2, 0.25) is 0 Å². The van der Waals surface area contributed by atoms with Crippen molar-refractivity contribution in [2.45, 2.75) is 32.7 Å². The number of aliphatic carboxylic acids is 1. The highest BCUT2D eigenvalue weighted by atomic mass is 16.5. The first kappa shape index (κ1) is 15.0. The van der Waals surface area contributed by atoms with Gasteiger partial charge >= 0.3 is 11.9 Å². The fraction of sp³-hybridized carbons (Fsp3) is 0.429. The molecule has 0 aromatic heterocycles.